The van der Waals surface area contributed by atoms with Gasteiger partial charge >= 0.3 is 0 Å². The molecule has 2 aliphatic rings. The molecule has 42 heavy (non-hydrogen) atoms. The normalized spacial score (nSPS) is 17.3. The number of benzene rings is 2. The lowest BCUT2D eigenvalue weighted by atomic mass is 10.0. The van der Waals surface area contributed by atoms with Gasteiger partial charge in [0.15, 0.2) is 5.11 Å². The van der Waals surface area contributed by atoms with E-state index in [4.69, 9.17) is 38.2 Å². The largest absolute Gasteiger partial charge is 0.459 e. The van der Waals surface area contributed by atoms with Crippen LogP contribution in [0.1, 0.15) is 25.5 Å². The average Bonchev–Trinajstić information content (AvgIpc) is 3.50. The molecule has 10 heteroatoms. The van der Waals surface area contributed by atoms with Crippen molar-refractivity contribution in [1.82, 2.24) is 15.3 Å². The van der Waals surface area contributed by atoms with Crippen molar-refractivity contribution in [3.8, 4) is 11.3 Å². The molecule has 2 aromatic heterocycles. The lowest BCUT2D eigenvalue weighted by Crippen LogP contribution is -2.47. The van der Waals surface area contributed by atoms with Crippen LogP contribution in [0.2, 0.25) is 5.02 Å². The zero-order chi connectivity index (χ0) is 28.9. The van der Waals surface area contributed by atoms with Crippen molar-refractivity contribution in [2.75, 3.05) is 59.3 Å². The van der Waals surface area contributed by atoms with E-state index in [1.165, 1.54) is 18.5 Å². The van der Waals surface area contributed by atoms with Crippen LogP contribution < -0.4 is 25.3 Å². The van der Waals surface area contributed by atoms with E-state index >= 15 is 0 Å². The molecular formula is C32H36ClN7OS. The smallest absolute Gasteiger partial charge is 0.232 e. The predicted molar refractivity (Wildman–Crippen MR) is 176 cm³/mol. The van der Waals surface area contributed by atoms with Crippen LogP contribution in [-0.4, -0.2) is 54.3 Å². The molecule has 0 bridgehead atoms. The highest BCUT2D eigenvalue weighted by molar-refractivity contribution is 7.80. The van der Waals surface area contributed by atoms with Gasteiger partial charge < -0.3 is 29.8 Å². The van der Waals surface area contributed by atoms with E-state index in [0.29, 0.717) is 28.5 Å². The molecule has 4 heterocycles. The Hall–Kier alpha value is -3.82. The first-order valence-electron chi connectivity index (χ1n) is 14.6. The van der Waals surface area contributed by atoms with E-state index in [9.17, 15) is 0 Å². The number of hydrogen-bond acceptors (Lipinski definition) is 7. The number of nitrogens with zero attached hydrogens (tertiary/aromatic N) is 5. The lowest BCUT2D eigenvalue weighted by Gasteiger charge is -2.37. The molecule has 0 unspecified atom stereocenters. The van der Waals surface area contributed by atoms with Crippen LogP contribution in [0.4, 0.5) is 23.3 Å². The lowest BCUT2D eigenvalue weighted by molar-refractivity contribution is 0.444. The Labute approximate surface area is 257 Å². The van der Waals surface area contributed by atoms with Crippen LogP contribution in [0.15, 0.2) is 77.2 Å². The quantitative estimate of drug-likeness (QED) is 0.233. The fraction of sp³-hybridized carbons (Fsp3) is 0.344. The van der Waals surface area contributed by atoms with E-state index in [2.05, 4.69) is 68.7 Å². The van der Waals surface area contributed by atoms with Crippen molar-refractivity contribution in [2.24, 2.45) is 5.92 Å². The molecule has 0 aliphatic carbocycles. The Balaban J connectivity index is 1.13. The Morgan fingerprint density at radius 2 is 1.62 bits per heavy atom. The molecule has 6 rings (SSSR count). The number of furan rings is 1. The number of hydrogen-bond donors (Lipinski definition) is 2. The number of rotatable bonds is 7. The Bertz CT molecular complexity index is 1490. The molecule has 2 aliphatic heterocycles. The fourth-order valence-electron chi connectivity index (χ4n) is 5.59. The minimum Gasteiger partial charge on any atom is -0.459 e. The molecule has 2 fully saturated rings. The summed E-state index contributed by atoms with van der Waals surface area (Å²) >= 11 is 11.7. The summed E-state index contributed by atoms with van der Waals surface area (Å²) < 4.78 is 6.02. The molecule has 218 valence electrons. The maximum atomic E-state index is 6.02. The van der Waals surface area contributed by atoms with Crippen molar-refractivity contribution >= 4 is 52.2 Å². The van der Waals surface area contributed by atoms with E-state index in [-0.39, 0.29) is 0 Å². The van der Waals surface area contributed by atoms with Gasteiger partial charge in [-0.05, 0) is 79.5 Å². The number of halogens is 1. The van der Waals surface area contributed by atoms with Crippen LogP contribution in [0.3, 0.4) is 0 Å². The van der Waals surface area contributed by atoms with Gasteiger partial charge in [0.2, 0.25) is 5.95 Å². The topological polar surface area (TPSA) is 72.7 Å². The zero-order valence-corrected chi connectivity index (χ0v) is 25.4. The average molecular weight is 602 g/mol. The molecule has 0 saturated carbocycles. The number of thiocarbonyl (C=S) groups is 1. The first kappa shape index (κ1) is 28.3. The maximum absolute atomic E-state index is 6.02. The van der Waals surface area contributed by atoms with Gasteiger partial charge in [0, 0.05) is 61.6 Å². The Morgan fingerprint density at radius 1 is 0.905 bits per heavy atom. The monoisotopic (exact) mass is 601 g/mol. The number of nitrogens with one attached hydrogen (secondary N) is 2. The predicted octanol–water partition coefficient (Wildman–Crippen LogP) is 6.44. The van der Waals surface area contributed by atoms with Gasteiger partial charge in [0.05, 0.1) is 6.54 Å². The summed E-state index contributed by atoms with van der Waals surface area (Å²) in [7, 11) is 0. The summed E-state index contributed by atoms with van der Waals surface area (Å²) in [5.41, 5.74) is 2.24. The van der Waals surface area contributed by atoms with Crippen molar-refractivity contribution in [2.45, 2.75) is 26.3 Å². The van der Waals surface area contributed by atoms with Gasteiger partial charge in [-0.2, -0.15) is 9.97 Å². The molecule has 2 saturated heterocycles. The van der Waals surface area contributed by atoms with E-state index in [1.54, 1.807) is 0 Å². The fourth-order valence-corrected chi connectivity index (χ4v) is 5.88. The summed E-state index contributed by atoms with van der Waals surface area (Å²) in [4.78, 5) is 17.0. The highest BCUT2D eigenvalue weighted by Crippen LogP contribution is 2.28. The molecular weight excluding hydrogens is 566 g/mol. The van der Waals surface area contributed by atoms with Crippen LogP contribution in [0.25, 0.3) is 11.3 Å². The van der Waals surface area contributed by atoms with Gasteiger partial charge in [-0.25, -0.2) is 0 Å². The SMILES string of the molecule is C[C@@H]1CCCN(c2cc(N3CCN(c4ccccc4)CC3)nc(NC(=S)NCc3ccc(-c4ccc(Cl)cc4)o3)n2)C1. The molecule has 2 N–H and O–H groups in total. The van der Waals surface area contributed by atoms with Gasteiger partial charge in [0.1, 0.15) is 23.2 Å². The molecule has 4 aromatic rings. The van der Waals surface area contributed by atoms with Gasteiger partial charge in [-0.3, -0.25) is 0 Å². The molecule has 0 spiro atoms. The van der Waals surface area contributed by atoms with Crippen LogP contribution in [-0.2, 0) is 6.54 Å². The maximum Gasteiger partial charge on any atom is 0.232 e. The highest BCUT2D eigenvalue weighted by atomic mass is 35.5. The Kier molecular flexibility index (Phi) is 8.76. The van der Waals surface area contributed by atoms with Crippen molar-refractivity contribution in [1.29, 1.82) is 0 Å². The third-order valence-electron chi connectivity index (χ3n) is 7.84. The zero-order valence-electron chi connectivity index (χ0n) is 23.8. The second kappa shape index (κ2) is 13.0. The molecule has 2 aromatic carbocycles. The number of piperazine rings is 1. The second-order valence-electron chi connectivity index (χ2n) is 11.0. The van der Waals surface area contributed by atoms with E-state index in [1.807, 2.05) is 36.4 Å². The van der Waals surface area contributed by atoms with Gasteiger partial charge in [-0.15, -0.1) is 0 Å². The third-order valence-corrected chi connectivity index (χ3v) is 8.34. The molecule has 1 atom stereocenters. The summed E-state index contributed by atoms with van der Waals surface area (Å²) in [6.45, 7) is 8.39. The van der Waals surface area contributed by atoms with Crippen LogP contribution >= 0.6 is 23.8 Å². The molecule has 0 radical (unpaired) electrons. The van der Waals surface area contributed by atoms with Crippen molar-refractivity contribution < 1.29 is 4.42 Å². The van der Waals surface area contributed by atoms with Crippen LogP contribution in [0.5, 0.6) is 0 Å². The third kappa shape index (κ3) is 6.97. The standard InChI is InChI=1S/C32H36ClN7OS/c1-23-6-5-15-40(22-23)30-20-29(39-18-16-38(17-19-39)26-7-3-2-4-8-26)35-31(36-30)37-32(42)34-21-27-13-14-28(41-27)24-9-11-25(33)12-10-24/h2-4,7-14,20,23H,5-6,15-19,21-22H2,1H3,(H2,34,35,36,37,42)/t23-/m1/s1. The van der Waals surface area contributed by atoms with Gasteiger partial charge in [0.25, 0.3) is 0 Å². The van der Waals surface area contributed by atoms with Crippen molar-refractivity contribution in [3.05, 3.63) is 83.6 Å². The molecule has 0 amide bonds. The summed E-state index contributed by atoms with van der Waals surface area (Å²) in [5.74, 6) is 4.57. The first-order valence-corrected chi connectivity index (χ1v) is 15.4. The number of piperidine rings is 1. The number of aromatic nitrogens is 2. The first-order chi connectivity index (χ1) is 20.5. The summed E-state index contributed by atoms with van der Waals surface area (Å²) in [6, 6.07) is 24.2. The number of anilines is 4. The number of para-hydroxylation sites is 1. The van der Waals surface area contributed by atoms with Crippen LogP contribution in [0, 0.1) is 5.92 Å². The molecule has 8 nitrogen and oxygen atoms in total. The van der Waals surface area contributed by atoms with E-state index in [0.717, 1.165) is 68.0 Å². The van der Waals surface area contributed by atoms with Crippen molar-refractivity contribution in [3.63, 3.8) is 0 Å². The second-order valence-corrected chi connectivity index (χ2v) is 11.8. The van der Waals surface area contributed by atoms with Gasteiger partial charge in [-0.1, -0.05) is 36.7 Å². The summed E-state index contributed by atoms with van der Waals surface area (Å²) in [6.07, 6.45) is 2.42. The minimum absolute atomic E-state index is 0.442. The van der Waals surface area contributed by atoms with E-state index < -0.39 is 0 Å². The summed E-state index contributed by atoms with van der Waals surface area (Å²) in [5, 5.41) is 7.63. The Morgan fingerprint density at radius 3 is 2.36 bits per heavy atom. The highest BCUT2D eigenvalue weighted by Gasteiger charge is 2.23. The minimum atomic E-state index is 0.442.